The smallest absolute Gasteiger partial charge is 0.254 e. The van der Waals surface area contributed by atoms with Gasteiger partial charge >= 0.3 is 0 Å². The quantitative estimate of drug-likeness (QED) is 0.829. The number of aryl methyl sites for hydroxylation is 1. The molecule has 0 aliphatic carbocycles. The number of carbonyl (C=O) groups excluding carboxylic acids is 1. The molecule has 2 aliphatic rings. The van der Waals surface area contributed by atoms with Crippen LogP contribution in [0.4, 0.5) is 0 Å². The van der Waals surface area contributed by atoms with Gasteiger partial charge in [-0.2, -0.15) is 0 Å². The Kier molecular flexibility index (Phi) is 5.66. The molecule has 2 aromatic rings. The van der Waals surface area contributed by atoms with E-state index in [-0.39, 0.29) is 12.0 Å². The number of rotatable bonds is 3. The van der Waals surface area contributed by atoms with E-state index < -0.39 is 0 Å². The van der Waals surface area contributed by atoms with Crippen molar-refractivity contribution in [3.8, 4) is 0 Å². The summed E-state index contributed by atoms with van der Waals surface area (Å²) in [6.45, 7) is 8.37. The molecule has 0 unspecified atom stereocenters. The van der Waals surface area contributed by atoms with Gasteiger partial charge in [0, 0.05) is 50.9 Å². The van der Waals surface area contributed by atoms with Crippen LogP contribution in [-0.2, 0) is 9.47 Å². The summed E-state index contributed by atoms with van der Waals surface area (Å²) in [5, 5.41) is 0.928. The molecule has 2 fully saturated rings. The van der Waals surface area contributed by atoms with Gasteiger partial charge in [-0.1, -0.05) is 11.6 Å². The first-order valence-electron chi connectivity index (χ1n) is 9.77. The maximum Gasteiger partial charge on any atom is 0.254 e. The Balaban J connectivity index is 1.52. The van der Waals surface area contributed by atoms with Crippen molar-refractivity contribution in [1.82, 2.24) is 14.8 Å². The first-order chi connectivity index (χ1) is 13.2. The molecule has 0 spiro atoms. The molecule has 4 rings (SSSR count). The summed E-state index contributed by atoms with van der Waals surface area (Å²) in [4.78, 5) is 22.1. The number of benzene rings is 1. The summed E-state index contributed by atoms with van der Waals surface area (Å²) in [6.07, 6.45) is 2.64. The van der Waals surface area contributed by atoms with Crippen LogP contribution >= 0.6 is 0 Å². The second kappa shape index (κ2) is 8.33. The average Bonchev–Trinajstić information content (AvgIpc) is 2.93. The monoisotopic (exact) mass is 369 g/mol. The van der Waals surface area contributed by atoms with E-state index in [0.717, 1.165) is 67.8 Å². The van der Waals surface area contributed by atoms with Crippen LogP contribution in [0.1, 0.15) is 22.3 Å². The summed E-state index contributed by atoms with van der Waals surface area (Å²) in [7, 11) is 0. The number of ether oxygens (including phenoxy) is 2. The van der Waals surface area contributed by atoms with Crippen LogP contribution in [0.3, 0.4) is 0 Å². The van der Waals surface area contributed by atoms with Crippen molar-refractivity contribution in [2.75, 3.05) is 52.5 Å². The molecule has 2 aliphatic heterocycles. The zero-order valence-electron chi connectivity index (χ0n) is 15.9. The number of hydrogen-bond acceptors (Lipinski definition) is 5. The number of amides is 1. The molecule has 0 bridgehead atoms. The van der Waals surface area contributed by atoms with Gasteiger partial charge in [-0.15, -0.1) is 0 Å². The highest BCUT2D eigenvalue weighted by molar-refractivity contribution is 6.06. The highest BCUT2D eigenvalue weighted by Crippen LogP contribution is 2.21. The summed E-state index contributed by atoms with van der Waals surface area (Å²) < 4.78 is 11.5. The molecule has 0 saturated carbocycles. The Bertz CT molecular complexity index is 804. The maximum atomic E-state index is 13.3. The molecule has 3 heterocycles. The third-order valence-corrected chi connectivity index (χ3v) is 5.33. The fourth-order valence-corrected chi connectivity index (χ4v) is 3.88. The summed E-state index contributed by atoms with van der Waals surface area (Å²) in [5.74, 6) is 0.0745. The molecular weight excluding hydrogens is 342 g/mol. The van der Waals surface area contributed by atoms with E-state index in [9.17, 15) is 4.79 Å². The van der Waals surface area contributed by atoms with Crippen LogP contribution in [0.2, 0.25) is 0 Å². The van der Waals surface area contributed by atoms with Crippen molar-refractivity contribution in [1.29, 1.82) is 0 Å². The number of carbonyl (C=O) groups is 1. The predicted molar refractivity (Wildman–Crippen MR) is 104 cm³/mol. The van der Waals surface area contributed by atoms with Crippen LogP contribution in [0.25, 0.3) is 10.9 Å². The topological polar surface area (TPSA) is 54.9 Å². The van der Waals surface area contributed by atoms with Crippen molar-refractivity contribution >= 4 is 16.8 Å². The number of morpholine rings is 1. The molecule has 27 heavy (non-hydrogen) atoms. The van der Waals surface area contributed by atoms with Crippen molar-refractivity contribution in [2.45, 2.75) is 19.4 Å². The summed E-state index contributed by atoms with van der Waals surface area (Å²) >= 11 is 0. The Morgan fingerprint density at radius 1 is 1.19 bits per heavy atom. The van der Waals surface area contributed by atoms with Crippen LogP contribution in [0.15, 0.2) is 30.5 Å². The predicted octanol–water partition coefficient (Wildman–Crippen LogP) is 2.11. The zero-order chi connectivity index (χ0) is 18.6. The molecule has 1 amide bonds. The van der Waals surface area contributed by atoms with Gasteiger partial charge < -0.3 is 14.4 Å². The molecular formula is C21H27N3O3. The second-order valence-electron chi connectivity index (χ2n) is 7.39. The van der Waals surface area contributed by atoms with Gasteiger partial charge in [0.1, 0.15) is 0 Å². The summed E-state index contributed by atoms with van der Waals surface area (Å²) in [5.41, 5.74) is 2.73. The first-order valence-corrected chi connectivity index (χ1v) is 9.77. The molecule has 2 saturated heterocycles. The molecule has 6 heteroatoms. The van der Waals surface area contributed by atoms with Crippen LogP contribution < -0.4 is 0 Å². The average molecular weight is 369 g/mol. The maximum absolute atomic E-state index is 13.3. The number of aromatic nitrogens is 1. The molecule has 1 aromatic heterocycles. The highest BCUT2D eigenvalue weighted by Gasteiger charge is 2.26. The van der Waals surface area contributed by atoms with Gasteiger partial charge in [0.2, 0.25) is 0 Å². The molecule has 144 valence electrons. The van der Waals surface area contributed by atoms with Crippen molar-refractivity contribution < 1.29 is 14.3 Å². The number of hydrogen-bond donors (Lipinski definition) is 0. The molecule has 0 N–H and O–H groups in total. The van der Waals surface area contributed by atoms with E-state index in [2.05, 4.69) is 16.0 Å². The summed E-state index contributed by atoms with van der Waals surface area (Å²) in [6, 6.07) is 7.90. The van der Waals surface area contributed by atoms with E-state index in [1.165, 1.54) is 0 Å². The lowest BCUT2D eigenvalue weighted by molar-refractivity contribution is -0.0112. The van der Waals surface area contributed by atoms with E-state index in [0.29, 0.717) is 13.2 Å². The van der Waals surface area contributed by atoms with Crippen molar-refractivity contribution in [3.63, 3.8) is 0 Å². The van der Waals surface area contributed by atoms with E-state index in [1.54, 1.807) is 6.20 Å². The van der Waals surface area contributed by atoms with Crippen molar-refractivity contribution in [3.05, 3.63) is 41.6 Å². The third-order valence-electron chi connectivity index (χ3n) is 5.33. The zero-order valence-corrected chi connectivity index (χ0v) is 15.9. The molecule has 0 radical (unpaired) electrons. The normalized spacial score (nSPS) is 22.0. The van der Waals surface area contributed by atoms with Gasteiger partial charge in [0.25, 0.3) is 5.91 Å². The highest BCUT2D eigenvalue weighted by atomic mass is 16.5. The number of nitrogens with zero attached hydrogens (tertiary/aromatic N) is 3. The molecule has 6 nitrogen and oxygen atoms in total. The number of pyridine rings is 1. The minimum absolute atomic E-state index is 0.0457. The first kappa shape index (κ1) is 18.3. The van der Waals surface area contributed by atoms with E-state index in [4.69, 9.17) is 9.47 Å². The second-order valence-corrected chi connectivity index (χ2v) is 7.39. The molecule has 1 aromatic carbocycles. The van der Waals surface area contributed by atoms with Crippen molar-refractivity contribution in [2.24, 2.45) is 0 Å². The van der Waals surface area contributed by atoms with Gasteiger partial charge in [-0.25, -0.2) is 0 Å². The SMILES string of the molecule is Cc1ccc2nccc(C(=O)N3CCCO[C@@H](CN4CCOCC4)C3)c2c1. The Labute approximate surface area is 160 Å². The van der Waals surface area contributed by atoms with Gasteiger partial charge in [-0.05, 0) is 31.5 Å². The lowest BCUT2D eigenvalue weighted by Gasteiger charge is -2.31. The fourth-order valence-electron chi connectivity index (χ4n) is 3.88. The van der Waals surface area contributed by atoms with E-state index >= 15 is 0 Å². The third kappa shape index (κ3) is 4.29. The Morgan fingerprint density at radius 2 is 2.04 bits per heavy atom. The molecule has 1 atom stereocenters. The van der Waals surface area contributed by atoms with Gasteiger partial charge in [0.15, 0.2) is 0 Å². The van der Waals surface area contributed by atoms with Crippen LogP contribution in [0, 0.1) is 6.92 Å². The largest absolute Gasteiger partial charge is 0.379 e. The number of fused-ring (bicyclic) bond motifs is 1. The Hall–Kier alpha value is -2.02. The lowest BCUT2D eigenvalue weighted by atomic mass is 10.1. The van der Waals surface area contributed by atoms with Gasteiger partial charge in [0.05, 0.1) is 30.4 Å². The van der Waals surface area contributed by atoms with Crippen LogP contribution in [-0.4, -0.2) is 79.3 Å². The Morgan fingerprint density at radius 3 is 2.89 bits per heavy atom. The minimum atomic E-state index is 0.0457. The van der Waals surface area contributed by atoms with Crippen LogP contribution in [0.5, 0.6) is 0 Å². The minimum Gasteiger partial charge on any atom is -0.379 e. The van der Waals surface area contributed by atoms with E-state index in [1.807, 2.05) is 30.0 Å². The van der Waals surface area contributed by atoms with Gasteiger partial charge in [-0.3, -0.25) is 14.7 Å². The standard InChI is InChI=1S/C21H27N3O3/c1-16-3-4-20-19(13-16)18(5-6-22-20)21(25)24-7-2-10-27-17(15-24)14-23-8-11-26-12-9-23/h3-6,13,17H,2,7-12,14-15H2,1H3/t17-/m0/s1. The fraction of sp³-hybridized carbons (Fsp3) is 0.524. The lowest BCUT2D eigenvalue weighted by Crippen LogP contribution is -2.45.